The summed E-state index contributed by atoms with van der Waals surface area (Å²) in [5.41, 5.74) is 2.69. The van der Waals surface area contributed by atoms with Gasteiger partial charge < -0.3 is 25.0 Å². The quantitative estimate of drug-likeness (QED) is 0.0500. The van der Waals surface area contributed by atoms with Crippen LogP contribution in [0, 0.1) is 27.4 Å². The van der Waals surface area contributed by atoms with E-state index >= 15 is 4.39 Å². The number of H-pyrrole nitrogens is 1. The van der Waals surface area contributed by atoms with Crippen molar-refractivity contribution in [1.82, 2.24) is 24.6 Å². The fraction of sp³-hybridized carbons (Fsp3) is 0.479. The molecule has 3 aromatic heterocycles. The number of aliphatic hydroxyl groups is 1. The van der Waals surface area contributed by atoms with Gasteiger partial charge in [0.25, 0.3) is 21.9 Å². The molecule has 2 aliphatic heterocycles. The third-order valence-corrected chi connectivity index (χ3v) is 15.7. The summed E-state index contributed by atoms with van der Waals surface area (Å²) in [5.74, 6) is -1.32. The van der Waals surface area contributed by atoms with Gasteiger partial charge in [0.15, 0.2) is 5.75 Å². The van der Waals surface area contributed by atoms with Gasteiger partial charge in [-0.25, -0.2) is 18.1 Å². The number of ether oxygens (including phenoxy) is 1. The van der Waals surface area contributed by atoms with Gasteiger partial charge in [-0.15, -0.1) is 0 Å². The van der Waals surface area contributed by atoms with E-state index in [1.165, 1.54) is 42.5 Å². The van der Waals surface area contributed by atoms with Crippen molar-refractivity contribution in [2.45, 2.75) is 107 Å². The number of pyridine rings is 2. The number of aromatic nitrogens is 3. The molecule has 4 aliphatic rings. The van der Waals surface area contributed by atoms with Crippen LogP contribution in [0.2, 0.25) is 0 Å². The molecule has 0 bridgehead atoms. The molecule has 4 fully saturated rings. The minimum absolute atomic E-state index is 0.0947. The Kier molecular flexibility index (Phi) is 12.1. The van der Waals surface area contributed by atoms with Crippen LogP contribution in [0.25, 0.3) is 11.0 Å². The number of hydrogen-bond acceptors (Lipinski definition) is 12. The first-order chi connectivity index (χ1) is 31.1. The lowest BCUT2D eigenvalue weighted by Crippen LogP contribution is -2.63. The summed E-state index contributed by atoms with van der Waals surface area (Å²) in [6.45, 7) is 10.3. The van der Waals surface area contributed by atoms with Crippen molar-refractivity contribution < 1.29 is 32.4 Å². The first-order valence-electron chi connectivity index (χ1n) is 22.8. The average Bonchev–Trinajstić information content (AvgIpc) is 3.95. The molecule has 2 aromatic carbocycles. The number of anilines is 2. The molecule has 1 amide bonds. The number of fused-ring (bicyclic) bond motifs is 1. The number of benzene rings is 2. The zero-order valence-electron chi connectivity index (χ0n) is 37.1. The fourth-order valence-corrected chi connectivity index (χ4v) is 11.6. The smallest absolute Gasteiger partial charge is 0.312 e. The van der Waals surface area contributed by atoms with Crippen LogP contribution in [0.15, 0.2) is 78.0 Å². The third kappa shape index (κ3) is 9.27. The average molecular weight is 909 g/mol. The Bertz CT molecular complexity index is 2700. The van der Waals surface area contributed by atoms with Crippen molar-refractivity contribution in [3.8, 4) is 11.5 Å². The van der Waals surface area contributed by atoms with Crippen molar-refractivity contribution in [3.05, 3.63) is 106 Å². The summed E-state index contributed by atoms with van der Waals surface area (Å²) >= 11 is 0. The molecule has 9 rings (SSSR count). The Balaban J connectivity index is 0.908. The number of hydrogen-bond donors (Lipinski definition) is 4. The lowest BCUT2D eigenvalue weighted by molar-refractivity contribution is -0.384. The molecule has 15 nitrogen and oxygen atoms in total. The fourth-order valence-electron chi connectivity index (χ4n) is 10.7. The second-order valence-electron chi connectivity index (χ2n) is 19.3. The first-order valence-corrected chi connectivity index (χ1v) is 24.3. The van der Waals surface area contributed by atoms with E-state index in [9.17, 15) is 28.4 Å². The second kappa shape index (κ2) is 17.6. The highest BCUT2D eigenvalue weighted by Crippen LogP contribution is 2.49. The van der Waals surface area contributed by atoms with E-state index in [2.05, 4.69) is 68.2 Å². The van der Waals surface area contributed by atoms with E-state index in [4.69, 9.17) is 4.74 Å². The van der Waals surface area contributed by atoms with E-state index in [1.54, 1.807) is 31.3 Å². The maximum Gasteiger partial charge on any atom is 0.312 e. The molecule has 5 heterocycles. The summed E-state index contributed by atoms with van der Waals surface area (Å²) in [6, 6.07) is 18.3. The Labute approximate surface area is 378 Å². The van der Waals surface area contributed by atoms with Gasteiger partial charge in [0, 0.05) is 68.2 Å². The normalized spacial score (nSPS) is 23.4. The minimum Gasteiger partial charge on any atom is -0.452 e. The summed E-state index contributed by atoms with van der Waals surface area (Å²) in [5, 5.41) is 25.9. The monoisotopic (exact) mass is 908 g/mol. The number of nitrogens with one attached hydrogen (secondary N) is 3. The molecule has 0 unspecified atom stereocenters. The lowest BCUT2D eigenvalue weighted by Gasteiger charge is -2.57. The molecular weight excluding hydrogens is 852 g/mol. The predicted molar refractivity (Wildman–Crippen MR) is 246 cm³/mol. The van der Waals surface area contributed by atoms with Gasteiger partial charge in [0.1, 0.15) is 16.3 Å². The lowest BCUT2D eigenvalue weighted by atomic mass is 9.70. The van der Waals surface area contributed by atoms with Crippen LogP contribution < -0.4 is 19.7 Å². The van der Waals surface area contributed by atoms with E-state index in [-0.39, 0.29) is 34.2 Å². The molecule has 2 saturated heterocycles. The Morgan fingerprint density at radius 3 is 2.52 bits per heavy atom. The van der Waals surface area contributed by atoms with Crippen LogP contribution in [0.3, 0.4) is 0 Å². The van der Waals surface area contributed by atoms with Crippen LogP contribution in [0.5, 0.6) is 11.5 Å². The summed E-state index contributed by atoms with van der Waals surface area (Å²) in [4.78, 5) is 40.5. The molecule has 344 valence electrons. The third-order valence-electron chi connectivity index (χ3n) is 14.4. The Morgan fingerprint density at radius 1 is 1.03 bits per heavy atom. The zero-order chi connectivity index (χ0) is 45.7. The Morgan fingerprint density at radius 2 is 1.78 bits per heavy atom. The van der Waals surface area contributed by atoms with E-state index in [1.807, 2.05) is 4.72 Å². The van der Waals surface area contributed by atoms with Crippen molar-refractivity contribution in [2.75, 3.05) is 42.9 Å². The highest BCUT2D eigenvalue weighted by molar-refractivity contribution is 7.90. The second-order valence-corrected chi connectivity index (χ2v) is 21.0. The van der Waals surface area contributed by atoms with Crippen LogP contribution in [0.4, 0.5) is 21.6 Å². The number of aromatic amines is 1. The standard InChI is InChI=1S/C48H57FN8O7S/c1-30(2)35-7-4-5-8-36(35)37-9-6-10-39(37)56-28-48(29-56)18-21-55(22-19-48)33-11-12-38(41(24-33)64-42-23-32-15-20-50-44(32)53-43(42)49)46(58)54-65(62,63)34-25-40(57(60)61)45(52-27-34)51-26-31-13-16-47(3,59)17-14-31/h4-5,7-8,11-12,15,20,23-25,27,30-31,37,39,59H,6,9-10,13-14,16-19,21-22,26,28-29H2,1-3H3,(H,50,53)(H,51,52)(H,54,58)/t31?,37-,39-,47?/m0/s1. The Hall–Kier alpha value is -5.65. The molecule has 5 aromatic rings. The number of carbonyl (C=O) groups is 1. The maximum absolute atomic E-state index is 15.4. The number of likely N-dealkylation sites (tertiary alicyclic amines) is 1. The molecule has 2 atom stereocenters. The largest absolute Gasteiger partial charge is 0.452 e. The van der Waals surface area contributed by atoms with Gasteiger partial charge >= 0.3 is 5.69 Å². The number of nitrogens with zero attached hydrogens (tertiary/aromatic N) is 5. The number of amides is 1. The number of halogens is 1. The van der Waals surface area contributed by atoms with Gasteiger partial charge in [-0.3, -0.25) is 19.8 Å². The van der Waals surface area contributed by atoms with Crippen LogP contribution in [0.1, 0.15) is 112 Å². The summed E-state index contributed by atoms with van der Waals surface area (Å²) < 4.78 is 50.9. The topological polar surface area (TPSA) is 196 Å². The molecule has 4 N–H and O–H groups in total. The summed E-state index contributed by atoms with van der Waals surface area (Å²) in [6.07, 6.45) is 10.8. The molecule has 2 aliphatic carbocycles. The van der Waals surface area contributed by atoms with E-state index in [0.717, 1.165) is 69.8 Å². The van der Waals surface area contributed by atoms with Gasteiger partial charge in [-0.1, -0.05) is 44.5 Å². The van der Waals surface area contributed by atoms with Gasteiger partial charge in [-0.2, -0.15) is 9.37 Å². The first kappa shape index (κ1) is 44.5. The SMILES string of the molecule is CC(C)c1ccccc1[C@@H]1CCC[C@@H]1N1CC2(CCN(c3ccc(C(=O)NS(=O)(=O)c4cnc(NCC5CCC(C)(O)CC5)c([N+](=O)[O-])c4)c(Oc4cc5cc[nH]c5nc4F)c3)CC2)C1. The zero-order valence-corrected chi connectivity index (χ0v) is 37.9. The maximum atomic E-state index is 15.4. The van der Waals surface area contributed by atoms with Gasteiger partial charge in [0.05, 0.1) is 22.3 Å². The van der Waals surface area contributed by atoms with Crippen LogP contribution in [-0.2, 0) is 10.0 Å². The predicted octanol–water partition coefficient (Wildman–Crippen LogP) is 8.63. The van der Waals surface area contributed by atoms with E-state index < -0.39 is 43.0 Å². The van der Waals surface area contributed by atoms with Crippen molar-refractivity contribution in [1.29, 1.82) is 0 Å². The minimum atomic E-state index is -4.71. The summed E-state index contributed by atoms with van der Waals surface area (Å²) in [7, 11) is -4.71. The number of rotatable bonds is 13. The number of carbonyl (C=O) groups excluding carboxylic acids is 1. The molecule has 1 spiro atoms. The van der Waals surface area contributed by atoms with Crippen molar-refractivity contribution in [3.63, 3.8) is 0 Å². The molecule has 65 heavy (non-hydrogen) atoms. The van der Waals surface area contributed by atoms with Gasteiger partial charge in [0.2, 0.25) is 5.82 Å². The highest BCUT2D eigenvalue weighted by Gasteiger charge is 2.49. The van der Waals surface area contributed by atoms with Crippen molar-refractivity contribution in [2.24, 2.45) is 11.3 Å². The van der Waals surface area contributed by atoms with Crippen LogP contribution >= 0.6 is 0 Å². The highest BCUT2D eigenvalue weighted by atomic mass is 32.2. The molecule has 0 radical (unpaired) electrons. The molecular formula is C48H57FN8O7S. The number of sulfonamides is 1. The van der Waals surface area contributed by atoms with Crippen molar-refractivity contribution >= 4 is 44.2 Å². The van der Waals surface area contributed by atoms with E-state index in [0.29, 0.717) is 48.3 Å². The van der Waals surface area contributed by atoms with Crippen LogP contribution in [-0.4, -0.2) is 88.6 Å². The van der Waals surface area contributed by atoms with Gasteiger partial charge in [-0.05, 0) is 117 Å². The molecule has 2 saturated carbocycles. The molecule has 17 heteroatoms. The number of piperidine rings is 1. The number of nitro groups is 1.